The summed E-state index contributed by atoms with van der Waals surface area (Å²) in [5, 5.41) is 16.6. The molecule has 2 nitrogen and oxygen atoms in total. The molecule has 0 spiro atoms. The van der Waals surface area contributed by atoms with Crippen LogP contribution in [0.15, 0.2) is 97.1 Å². The van der Waals surface area contributed by atoms with Gasteiger partial charge in [-0.05, 0) is 46.5 Å². The largest absolute Gasteiger partial charge is 0.309 e. The Bertz CT molecular complexity index is 1560. The number of nitriles is 1. The minimum Gasteiger partial charge on any atom is -0.309 e. The van der Waals surface area contributed by atoms with Crippen LogP contribution in [-0.4, -0.2) is 4.57 Å². The highest BCUT2D eigenvalue weighted by molar-refractivity contribution is 6.12. The number of fused-ring (bicyclic) bond motifs is 6. The summed E-state index contributed by atoms with van der Waals surface area (Å²) in [5.41, 5.74) is 4.20. The quantitative estimate of drug-likeness (QED) is 0.288. The van der Waals surface area contributed by atoms with Crippen molar-refractivity contribution < 1.29 is 0 Å². The molecule has 6 aromatic rings. The number of hydrogen-bond acceptors (Lipinski definition) is 1. The van der Waals surface area contributed by atoms with Gasteiger partial charge in [-0.1, -0.05) is 66.7 Å². The lowest BCUT2D eigenvalue weighted by Crippen LogP contribution is -1.94. The summed E-state index contributed by atoms with van der Waals surface area (Å²) >= 11 is 0. The Morgan fingerprint density at radius 2 is 1.14 bits per heavy atom. The monoisotopic (exact) mass is 368 g/mol. The molecule has 1 aromatic heterocycles. The minimum atomic E-state index is 0.715. The van der Waals surface area contributed by atoms with E-state index in [1.54, 1.807) is 0 Å². The third-order valence-corrected chi connectivity index (χ3v) is 5.80. The fourth-order valence-electron chi connectivity index (χ4n) is 4.53. The molecule has 0 bridgehead atoms. The smallest absolute Gasteiger partial charge is 0.0998 e. The third kappa shape index (κ3) is 2.22. The van der Waals surface area contributed by atoms with E-state index in [0.717, 1.165) is 21.8 Å². The molecule has 0 saturated heterocycles. The Balaban J connectivity index is 1.73. The van der Waals surface area contributed by atoms with Crippen LogP contribution in [0, 0.1) is 11.3 Å². The molecule has 0 radical (unpaired) electrons. The van der Waals surface area contributed by atoms with Gasteiger partial charge >= 0.3 is 0 Å². The Morgan fingerprint density at radius 3 is 1.79 bits per heavy atom. The predicted molar refractivity (Wildman–Crippen MR) is 121 cm³/mol. The molecular formula is C27H16N2. The van der Waals surface area contributed by atoms with Crippen molar-refractivity contribution in [3.8, 4) is 11.8 Å². The molecule has 0 aliphatic heterocycles. The molecule has 2 heteroatoms. The Kier molecular flexibility index (Phi) is 3.27. The van der Waals surface area contributed by atoms with E-state index in [1.807, 2.05) is 24.3 Å². The van der Waals surface area contributed by atoms with E-state index in [4.69, 9.17) is 0 Å². The van der Waals surface area contributed by atoms with Crippen molar-refractivity contribution in [3.63, 3.8) is 0 Å². The average Bonchev–Trinajstić information content (AvgIpc) is 3.12. The molecule has 0 N–H and O–H groups in total. The molecule has 1 heterocycles. The molecule has 29 heavy (non-hydrogen) atoms. The van der Waals surface area contributed by atoms with E-state index in [-0.39, 0.29) is 0 Å². The van der Waals surface area contributed by atoms with Gasteiger partial charge in [0.25, 0.3) is 0 Å². The zero-order chi connectivity index (χ0) is 19.4. The molecule has 0 saturated carbocycles. The Hall–Kier alpha value is -4.09. The minimum absolute atomic E-state index is 0.715. The fraction of sp³-hybridized carbons (Fsp3) is 0. The maximum absolute atomic E-state index is 9.68. The first-order valence-corrected chi connectivity index (χ1v) is 9.69. The van der Waals surface area contributed by atoms with Crippen LogP contribution in [0.3, 0.4) is 0 Å². The Morgan fingerprint density at radius 1 is 0.552 bits per heavy atom. The van der Waals surface area contributed by atoms with Crippen LogP contribution in [0.5, 0.6) is 0 Å². The van der Waals surface area contributed by atoms with Gasteiger partial charge in [-0.15, -0.1) is 0 Å². The van der Waals surface area contributed by atoms with Crippen LogP contribution in [-0.2, 0) is 0 Å². The summed E-state index contributed by atoms with van der Waals surface area (Å²) < 4.78 is 2.31. The van der Waals surface area contributed by atoms with Crippen molar-refractivity contribution in [3.05, 3.63) is 103 Å². The lowest BCUT2D eigenvalue weighted by molar-refractivity contribution is 1.19. The van der Waals surface area contributed by atoms with Gasteiger partial charge in [0.1, 0.15) is 0 Å². The van der Waals surface area contributed by atoms with E-state index in [1.165, 1.54) is 27.2 Å². The van der Waals surface area contributed by atoms with Gasteiger partial charge < -0.3 is 4.57 Å². The fourth-order valence-corrected chi connectivity index (χ4v) is 4.53. The molecule has 0 unspecified atom stereocenters. The summed E-state index contributed by atoms with van der Waals surface area (Å²) in [6.07, 6.45) is 0. The van der Waals surface area contributed by atoms with Gasteiger partial charge in [0, 0.05) is 21.8 Å². The first-order chi connectivity index (χ1) is 14.3. The van der Waals surface area contributed by atoms with Crippen molar-refractivity contribution >= 4 is 43.4 Å². The predicted octanol–water partition coefficient (Wildman–Crippen LogP) is 6.96. The van der Waals surface area contributed by atoms with Crippen molar-refractivity contribution in [2.75, 3.05) is 0 Å². The molecule has 0 aliphatic carbocycles. The second-order valence-electron chi connectivity index (χ2n) is 7.36. The second kappa shape index (κ2) is 5.95. The van der Waals surface area contributed by atoms with Gasteiger partial charge in [0.05, 0.1) is 22.7 Å². The summed E-state index contributed by atoms with van der Waals surface area (Å²) in [4.78, 5) is 0. The zero-order valence-corrected chi connectivity index (χ0v) is 15.6. The highest BCUT2D eigenvalue weighted by atomic mass is 15.0. The SMILES string of the molecule is N#Cc1cc2cc(-n3c4ccccc4c4ccccc43)ccc2c2ccccc12. The van der Waals surface area contributed by atoms with Crippen molar-refractivity contribution in [2.45, 2.75) is 0 Å². The molecule has 0 fully saturated rings. The highest BCUT2D eigenvalue weighted by Gasteiger charge is 2.13. The van der Waals surface area contributed by atoms with Crippen LogP contribution < -0.4 is 0 Å². The molecule has 5 aromatic carbocycles. The van der Waals surface area contributed by atoms with E-state index in [9.17, 15) is 5.26 Å². The van der Waals surface area contributed by atoms with Crippen molar-refractivity contribution in [1.82, 2.24) is 4.57 Å². The van der Waals surface area contributed by atoms with Gasteiger partial charge in [0.2, 0.25) is 0 Å². The summed E-state index contributed by atoms with van der Waals surface area (Å²) in [6.45, 7) is 0. The third-order valence-electron chi connectivity index (χ3n) is 5.80. The average molecular weight is 368 g/mol. The first-order valence-electron chi connectivity index (χ1n) is 9.69. The normalized spacial score (nSPS) is 11.4. The molecule has 134 valence electrons. The molecule has 0 aliphatic rings. The van der Waals surface area contributed by atoms with Crippen molar-refractivity contribution in [2.24, 2.45) is 0 Å². The highest BCUT2D eigenvalue weighted by Crippen LogP contribution is 2.34. The van der Waals surface area contributed by atoms with Crippen LogP contribution in [0.25, 0.3) is 49.0 Å². The topological polar surface area (TPSA) is 28.7 Å². The lowest BCUT2D eigenvalue weighted by atomic mass is 9.97. The number of aromatic nitrogens is 1. The van der Waals surface area contributed by atoms with Gasteiger partial charge in [-0.2, -0.15) is 5.26 Å². The lowest BCUT2D eigenvalue weighted by Gasteiger charge is -2.11. The summed E-state index contributed by atoms with van der Waals surface area (Å²) in [7, 11) is 0. The van der Waals surface area contributed by atoms with E-state index in [0.29, 0.717) is 5.56 Å². The van der Waals surface area contributed by atoms with Crippen LogP contribution in [0.2, 0.25) is 0 Å². The number of rotatable bonds is 1. The zero-order valence-electron chi connectivity index (χ0n) is 15.6. The molecular weight excluding hydrogens is 352 g/mol. The summed E-state index contributed by atoms with van der Waals surface area (Å²) in [5.74, 6) is 0. The van der Waals surface area contributed by atoms with Crippen LogP contribution in [0.1, 0.15) is 5.56 Å². The number of para-hydroxylation sites is 2. The van der Waals surface area contributed by atoms with Gasteiger partial charge in [-0.3, -0.25) is 0 Å². The standard InChI is InChI=1S/C27H16N2/c28-17-19-15-18-16-20(13-14-22(18)23-8-2-1-7-21(19)23)29-26-11-5-3-9-24(26)25-10-4-6-12-27(25)29/h1-16H. The van der Waals surface area contributed by atoms with E-state index in [2.05, 4.69) is 83.4 Å². The maximum atomic E-state index is 9.68. The maximum Gasteiger partial charge on any atom is 0.0998 e. The summed E-state index contributed by atoms with van der Waals surface area (Å²) in [6, 6.07) is 36.1. The number of hydrogen-bond donors (Lipinski definition) is 0. The van der Waals surface area contributed by atoms with Crippen LogP contribution in [0.4, 0.5) is 0 Å². The van der Waals surface area contributed by atoms with E-state index < -0.39 is 0 Å². The molecule has 0 amide bonds. The van der Waals surface area contributed by atoms with E-state index >= 15 is 0 Å². The van der Waals surface area contributed by atoms with Gasteiger partial charge in [-0.25, -0.2) is 0 Å². The molecule has 6 rings (SSSR count). The van der Waals surface area contributed by atoms with Crippen LogP contribution >= 0.6 is 0 Å². The Labute approximate surface area is 167 Å². The molecule has 0 atom stereocenters. The number of nitrogens with zero attached hydrogens (tertiary/aromatic N) is 2. The first kappa shape index (κ1) is 15.9. The second-order valence-corrected chi connectivity index (χ2v) is 7.36. The van der Waals surface area contributed by atoms with Crippen molar-refractivity contribution in [1.29, 1.82) is 5.26 Å². The number of benzene rings is 5. The van der Waals surface area contributed by atoms with Gasteiger partial charge in [0.15, 0.2) is 0 Å².